The molecule has 0 spiro atoms. The Bertz CT molecular complexity index is 679. The van der Waals surface area contributed by atoms with E-state index in [1.807, 2.05) is 31.1 Å². The van der Waals surface area contributed by atoms with E-state index in [9.17, 15) is 5.26 Å². The third-order valence-corrected chi connectivity index (χ3v) is 5.35. The van der Waals surface area contributed by atoms with Gasteiger partial charge in [-0.05, 0) is 24.8 Å². The zero-order chi connectivity index (χ0) is 14.8. The highest BCUT2D eigenvalue weighted by Crippen LogP contribution is 2.37. The summed E-state index contributed by atoms with van der Waals surface area (Å²) < 4.78 is 2.04. The van der Waals surface area contributed by atoms with Crippen LogP contribution >= 0.6 is 11.3 Å². The number of aromatic nitrogens is 2. The van der Waals surface area contributed by atoms with Gasteiger partial charge in [0.25, 0.3) is 0 Å². The number of hydrogen-bond donors (Lipinski definition) is 2. The minimum Gasteiger partial charge on any atom is -0.379 e. The molecule has 2 aromatic heterocycles. The van der Waals surface area contributed by atoms with Crippen LogP contribution in [0.2, 0.25) is 0 Å². The van der Waals surface area contributed by atoms with Crippen LogP contribution in [-0.2, 0) is 26.4 Å². The Morgan fingerprint density at radius 1 is 1.57 bits per heavy atom. The topological polar surface area (TPSA) is 65.7 Å². The molecule has 1 aliphatic carbocycles. The van der Waals surface area contributed by atoms with Gasteiger partial charge in [-0.25, -0.2) is 4.98 Å². The lowest BCUT2D eigenvalue weighted by Gasteiger charge is -2.23. The lowest BCUT2D eigenvalue weighted by atomic mass is 9.92. The van der Waals surface area contributed by atoms with Gasteiger partial charge in [0.05, 0.1) is 12.1 Å². The van der Waals surface area contributed by atoms with Crippen LogP contribution in [0.1, 0.15) is 28.2 Å². The maximum atomic E-state index is 9.31. The number of imidazole rings is 1. The number of nitrogens with one attached hydrogen (secondary N) is 2. The van der Waals surface area contributed by atoms with Crippen LogP contribution in [-0.4, -0.2) is 22.6 Å². The molecule has 0 radical (unpaired) electrons. The van der Waals surface area contributed by atoms with Gasteiger partial charge in [0.1, 0.15) is 16.9 Å². The third-order valence-electron chi connectivity index (χ3n) is 4.07. The third kappa shape index (κ3) is 2.67. The normalized spacial score (nSPS) is 17.3. The molecule has 1 atom stereocenters. The van der Waals surface area contributed by atoms with Crippen LogP contribution in [0.4, 0.5) is 5.00 Å². The average Bonchev–Trinajstić information content (AvgIpc) is 3.07. The molecule has 2 heterocycles. The number of aryl methyl sites for hydroxylation is 1. The Morgan fingerprint density at radius 3 is 3.10 bits per heavy atom. The van der Waals surface area contributed by atoms with E-state index in [0.717, 1.165) is 42.2 Å². The second-order valence-electron chi connectivity index (χ2n) is 5.34. The quantitative estimate of drug-likeness (QED) is 0.907. The van der Waals surface area contributed by atoms with Crippen LogP contribution in [0, 0.1) is 11.3 Å². The second-order valence-corrected chi connectivity index (χ2v) is 6.45. The van der Waals surface area contributed by atoms with Crippen molar-refractivity contribution in [1.82, 2.24) is 14.9 Å². The number of rotatable bonds is 4. The maximum absolute atomic E-state index is 9.31. The standard InChI is InChI=1S/C15H19N5S/c1-17-15-12(8-16)11-4-3-10(7-13(11)21-15)19-9-14-18-5-6-20(14)2/h5-6,10,17,19H,3-4,7,9H2,1-2H3. The molecule has 1 unspecified atom stereocenters. The highest BCUT2D eigenvalue weighted by Gasteiger charge is 2.25. The number of thiophene rings is 1. The monoisotopic (exact) mass is 301 g/mol. The molecule has 2 aromatic rings. The predicted molar refractivity (Wildman–Crippen MR) is 84.4 cm³/mol. The Kier molecular flexibility index (Phi) is 3.95. The van der Waals surface area contributed by atoms with Crippen molar-refractivity contribution in [2.45, 2.75) is 31.8 Å². The first kappa shape index (κ1) is 14.1. The highest BCUT2D eigenvalue weighted by atomic mass is 32.1. The molecule has 0 saturated carbocycles. The summed E-state index contributed by atoms with van der Waals surface area (Å²) in [4.78, 5) is 5.69. The lowest BCUT2D eigenvalue weighted by molar-refractivity contribution is 0.451. The first-order valence-electron chi connectivity index (χ1n) is 7.15. The lowest BCUT2D eigenvalue weighted by Crippen LogP contribution is -2.34. The Morgan fingerprint density at radius 2 is 2.43 bits per heavy atom. The molecular formula is C15H19N5S. The van der Waals surface area contributed by atoms with Gasteiger partial charge in [0, 0.05) is 37.4 Å². The highest BCUT2D eigenvalue weighted by molar-refractivity contribution is 7.16. The summed E-state index contributed by atoms with van der Waals surface area (Å²) in [5.74, 6) is 1.06. The van der Waals surface area contributed by atoms with Crippen LogP contribution in [0.25, 0.3) is 0 Å². The molecule has 0 aromatic carbocycles. The van der Waals surface area contributed by atoms with E-state index in [0.29, 0.717) is 6.04 Å². The van der Waals surface area contributed by atoms with Crippen molar-refractivity contribution in [2.75, 3.05) is 12.4 Å². The predicted octanol–water partition coefficient (Wildman–Crippen LogP) is 2.04. The molecule has 5 nitrogen and oxygen atoms in total. The van der Waals surface area contributed by atoms with Gasteiger partial charge in [0.15, 0.2) is 0 Å². The van der Waals surface area contributed by atoms with Gasteiger partial charge in [-0.3, -0.25) is 0 Å². The van der Waals surface area contributed by atoms with Gasteiger partial charge < -0.3 is 15.2 Å². The molecule has 21 heavy (non-hydrogen) atoms. The molecular weight excluding hydrogens is 282 g/mol. The van der Waals surface area contributed by atoms with Crippen LogP contribution in [0.15, 0.2) is 12.4 Å². The van der Waals surface area contributed by atoms with Crippen LogP contribution in [0.5, 0.6) is 0 Å². The van der Waals surface area contributed by atoms with E-state index in [2.05, 4.69) is 21.7 Å². The molecule has 110 valence electrons. The van der Waals surface area contributed by atoms with Crippen LogP contribution < -0.4 is 10.6 Å². The minimum atomic E-state index is 0.462. The Labute approximate surface area is 128 Å². The van der Waals surface area contributed by atoms with Crippen molar-refractivity contribution >= 4 is 16.3 Å². The zero-order valence-electron chi connectivity index (χ0n) is 12.3. The molecule has 0 bridgehead atoms. The molecule has 6 heteroatoms. The minimum absolute atomic E-state index is 0.462. The fourth-order valence-electron chi connectivity index (χ4n) is 2.86. The summed E-state index contributed by atoms with van der Waals surface area (Å²) in [7, 11) is 3.90. The first-order valence-corrected chi connectivity index (χ1v) is 7.96. The van der Waals surface area contributed by atoms with E-state index in [4.69, 9.17) is 0 Å². The summed E-state index contributed by atoms with van der Waals surface area (Å²) in [6.07, 6.45) is 6.85. The van der Waals surface area contributed by atoms with Crippen LogP contribution in [0.3, 0.4) is 0 Å². The fourth-order valence-corrected chi connectivity index (χ4v) is 4.09. The van der Waals surface area contributed by atoms with Crippen molar-refractivity contribution in [3.63, 3.8) is 0 Å². The Hall–Kier alpha value is -1.84. The van der Waals surface area contributed by atoms with Crippen molar-refractivity contribution < 1.29 is 0 Å². The summed E-state index contributed by atoms with van der Waals surface area (Å²) >= 11 is 1.72. The molecule has 2 N–H and O–H groups in total. The summed E-state index contributed by atoms with van der Waals surface area (Å²) in [5.41, 5.74) is 2.10. The van der Waals surface area contributed by atoms with Gasteiger partial charge in [-0.2, -0.15) is 5.26 Å². The fraction of sp³-hybridized carbons (Fsp3) is 0.467. The smallest absolute Gasteiger partial charge is 0.122 e. The van der Waals surface area contributed by atoms with Crippen molar-refractivity contribution in [3.05, 3.63) is 34.2 Å². The van der Waals surface area contributed by atoms with E-state index in [1.165, 1.54) is 10.4 Å². The molecule has 1 aliphatic rings. The average molecular weight is 301 g/mol. The largest absolute Gasteiger partial charge is 0.379 e. The van der Waals surface area contributed by atoms with Crippen molar-refractivity contribution in [1.29, 1.82) is 5.26 Å². The summed E-state index contributed by atoms with van der Waals surface area (Å²) in [6, 6.07) is 2.81. The van der Waals surface area contributed by atoms with E-state index >= 15 is 0 Å². The number of hydrogen-bond acceptors (Lipinski definition) is 5. The molecule has 0 amide bonds. The molecule has 0 fully saturated rings. The second kappa shape index (κ2) is 5.88. The van der Waals surface area contributed by atoms with Gasteiger partial charge in [-0.15, -0.1) is 11.3 Å². The summed E-state index contributed by atoms with van der Waals surface area (Å²) in [6.45, 7) is 0.791. The molecule has 0 saturated heterocycles. The number of fused-ring (bicyclic) bond motifs is 1. The number of nitrogens with zero attached hydrogens (tertiary/aromatic N) is 3. The number of anilines is 1. The molecule has 3 rings (SSSR count). The van der Waals surface area contributed by atoms with Crippen molar-refractivity contribution in [2.24, 2.45) is 7.05 Å². The van der Waals surface area contributed by atoms with Gasteiger partial charge in [-0.1, -0.05) is 0 Å². The summed E-state index contributed by atoms with van der Waals surface area (Å²) in [5, 5.41) is 17.0. The zero-order valence-corrected chi connectivity index (χ0v) is 13.1. The van der Waals surface area contributed by atoms with Gasteiger partial charge in [0.2, 0.25) is 0 Å². The van der Waals surface area contributed by atoms with Gasteiger partial charge >= 0.3 is 0 Å². The SMILES string of the molecule is CNc1sc2c(c1C#N)CCC(NCc1nccn1C)C2. The maximum Gasteiger partial charge on any atom is 0.122 e. The first-order chi connectivity index (χ1) is 10.2. The van der Waals surface area contributed by atoms with E-state index in [1.54, 1.807) is 11.3 Å². The molecule has 0 aliphatic heterocycles. The number of nitriles is 1. The van der Waals surface area contributed by atoms with Crippen molar-refractivity contribution in [3.8, 4) is 6.07 Å². The Balaban J connectivity index is 1.69. The van der Waals surface area contributed by atoms with E-state index in [-0.39, 0.29) is 0 Å². The van der Waals surface area contributed by atoms with E-state index < -0.39 is 0 Å².